The molecule has 15 heteroatoms. The first-order valence-corrected chi connectivity index (χ1v) is 7.36. The first-order valence-electron chi connectivity index (χ1n) is 7.36. The standard InChI is InChI=1S/C13H15F10NO4/c1-24(4-2-6-27-8(25)10(14,15)12(18,19)20)5-3-7-28-9(26)11(16,17)13(21,22)23/h2-7H2,1H3. The highest BCUT2D eigenvalue weighted by Gasteiger charge is 2.65. The predicted molar refractivity (Wildman–Crippen MR) is 70.7 cm³/mol. The van der Waals surface area contributed by atoms with E-state index in [2.05, 4.69) is 9.47 Å². The molecule has 0 aromatic carbocycles. The van der Waals surface area contributed by atoms with Crippen LogP contribution < -0.4 is 0 Å². The van der Waals surface area contributed by atoms with Crippen LogP contribution in [0.15, 0.2) is 0 Å². The highest BCUT2D eigenvalue weighted by molar-refractivity contribution is 5.79. The lowest BCUT2D eigenvalue weighted by Crippen LogP contribution is -2.45. The number of alkyl halides is 10. The summed E-state index contributed by atoms with van der Waals surface area (Å²) in [6.45, 7) is -1.58. The van der Waals surface area contributed by atoms with Crippen LogP contribution in [-0.4, -0.2) is 74.4 Å². The molecule has 0 aromatic heterocycles. The van der Waals surface area contributed by atoms with Gasteiger partial charge in [-0.2, -0.15) is 43.9 Å². The number of hydrogen-bond acceptors (Lipinski definition) is 5. The van der Waals surface area contributed by atoms with Gasteiger partial charge in [-0.05, 0) is 19.9 Å². The van der Waals surface area contributed by atoms with Crippen molar-refractivity contribution in [2.45, 2.75) is 37.0 Å². The van der Waals surface area contributed by atoms with Crippen molar-refractivity contribution in [1.29, 1.82) is 0 Å². The van der Waals surface area contributed by atoms with E-state index >= 15 is 0 Å². The second kappa shape index (κ2) is 9.60. The number of esters is 2. The van der Waals surface area contributed by atoms with Gasteiger partial charge in [0.2, 0.25) is 0 Å². The molecule has 0 fully saturated rings. The normalized spacial score (nSPS) is 13.6. The van der Waals surface area contributed by atoms with Gasteiger partial charge in [0, 0.05) is 13.1 Å². The molecule has 5 nitrogen and oxygen atoms in total. The van der Waals surface area contributed by atoms with Crippen LogP contribution >= 0.6 is 0 Å². The van der Waals surface area contributed by atoms with Crippen molar-refractivity contribution >= 4 is 11.9 Å². The largest absolute Gasteiger partial charge is 0.465 e. The van der Waals surface area contributed by atoms with E-state index in [1.165, 1.54) is 11.9 Å². The second-order valence-electron chi connectivity index (χ2n) is 5.43. The average Bonchev–Trinajstić information content (AvgIpc) is 2.52. The molecular weight excluding hydrogens is 424 g/mol. The van der Waals surface area contributed by atoms with Crippen LogP contribution in [0.1, 0.15) is 12.8 Å². The van der Waals surface area contributed by atoms with Gasteiger partial charge in [0.15, 0.2) is 0 Å². The van der Waals surface area contributed by atoms with Gasteiger partial charge in [-0.25, -0.2) is 9.59 Å². The van der Waals surface area contributed by atoms with E-state index in [1.54, 1.807) is 0 Å². The number of carbonyl (C=O) groups excluding carboxylic acids is 2. The smallest absolute Gasteiger partial charge is 0.461 e. The van der Waals surface area contributed by atoms with Crippen molar-refractivity contribution in [3.63, 3.8) is 0 Å². The molecule has 0 saturated carbocycles. The van der Waals surface area contributed by atoms with Crippen LogP contribution in [0.3, 0.4) is 0 Å². The average molecular weight is 439 g/mol. The van der Waals surface area contributed by atoms with Crippen LogP contribution in [0.25, 0.3) is 0 Å². The Kier molecular flexibility index (Phi) is 8.99. The second-order valence-corrected chi connectivity index (χ2v) is 5.43. The number of halogens is 10. The van der Waals surface area contributed by atoms with Crippen molar-refractivity contribution in [3.8, 4) is 0 Å². The van der Waals surface area contributed by atoms with Gasteiger partial charge in [-0.3, -0.25) is 0 Å². The third-order valence-electron chi connectivity index (χ3n) is 3.06. The summed E-state index contributed by atoms with van der Waals surface area (Å²) >= 11 is 0. The fraction of sp³-hybridized carbons (Fsp3) is 0.846. The maximum absolute atomic E-state index is 12.6. The lowest BCUT2D eigenvalue weighted by Gasteiger charge is -2.20. The van der Waals surface area contributed by atoms with Gasteiger partial charge in [0.1, 0.15) is 0 Å². The highest BCUT2D eigenvalue weighted by Crippen LogP contribution is 2.37. The van der Waals surface area contributed by atoms with E-state index < -0.39 is 49.4 Å². The molecule has 166 valence electrons. The Labute approximate surface area is 151 Å². The summed E-state index contributed by atoms with van der Waals surface area (Å²) in [6, 6.07) is 0. The van der Waals surface area contributed by atoms with Gasteiger partial charge >= 0.3 is 36.1 Å². The number of nitrogens with zero attached hydrogens (tertiary/aromatic N) is 1. The van der Waals surface area contributed by atoms with Crippen molar-refractivity contribution in [2.24, 2.45) is 0 Å². The third-order valence-corrected chi connectivity index (χ3v) is 3.06. The van der Waals surface area contributed by atoms with E-state index in [0.717, 1.165) is 0 Å². The van der Waals surface area contributed by atoms with Gasteiger partial charge < -0.3 is 14.4 Å². The zero-order valence-electron chi connectivity index (χ0n) is 14.1. The van der Waals surface area contributed by atoms with Gasteiger partial charge in [-0.1, -0.05) is 0 Å². The molecule has 0 aliphatic carbocycles. The van der Waals surface area contributed by atoms with E-state index in [0.29, 0.717) is 0 Å². The molecule has 0 atom stereocenters. The zero-order chi connectivity index (χ0) is 22.4. The van der Waals surface area contributed by atoms with Crippen molar-refractivity contribution in [1.82, 2.24) is 4.90 Å². The molecular formula is C13H15F10NO4. The summed E-state index contributed by atoms with van der Waals surface area (Å²) in [4.78, 5) is 22.7. The van der Waals surface area contributed by atoms with Crippen molar-refractivity contribution in [3.05, 3.63) is 0 Å². The molecule has 0 saturated heterocycles. The monoisotopic (exact) mass is 439 g/mol. The van der Waals surface area contributed by atoms with Crippen LogP contribution in [0.4, 0.5) is 43.9 Å². The van der Waals surface area contributed by atoms with E-state index in [-0.39, 0.29) is 25.9 Å². The molecule has 0 unspecified atom stereocenters. The fourth-order valence-corrected chi connectivity index (χ4v) is 1.52. The number of carbonyl (C=O) groups is 2. The summed E-state index contributed by atoms with van der Waals surface area (Å²) in [5.41, 5.74) is 0. The van der Waals surface area contributed by atoms with Crippen LogP contribution in [0.2, 0.25) is 0 Å². The highest BCUT2D eigenvalue weighted by atomic mass is 19.4. The lowest BCUT2D eigenvalue weighted by molar-refractivity contribution is -0.280. The zero-order valence-corrected chi connectivity index (χ0v) is 14.1. The first kappa shape index (κ1) is 26.2. The Balaban J connectivity index is 4.06. The Hall–Kier alpha value is -1.80. The number of rotatable bonds is 10. The topological polar surface area (TPSA) is 55.8 Å². The third kappa shape index (κ3) is 7.31. The van der Waals surface area contributed by atoms with Gasteiger partial charge in [-0.15, -0.1) is 0 Å². The molecule has 0 bridgehead atoms. The fourth-order valence-electron chi connectivity index (χ4n) is 1.52. The Bertz CT molecular complexity index is 486. The maximum Gasteiger partial charge on any atom is 0.465 e. The molecule has 0 aliphatic rings. The molecule has 0 aromatic rings. The number of ether oxygens (including phenoxy) is 2. The molecule has 0 N–H and O–H groups in total. The molecule has 0 rings (SSSR count). The predicted octanol–water partition coefficient (Wildman–Crippen LogP) is 3.18. The SMILES string of the molecule is CN(CCCOC(=O)C(F)(F)C(F)(F)F)CCCOC(=O)C(F)(F)C(F)(F)F. The summed E-state index contributed by atoms with van der Waals surface area (Å²) in [5.74, 6) is -16.8. The minimum Gasteiger partial charge on any atom is -0.461 e. The first-order chi connectivity index (χ1) is 12.4. The lowest BCUT2D eigenvalue weighted by atomic mass is 10.3. The van der Waals surface area contributed by atoms with Crippen LogP contribution in [-0.2, 0) is 19.1 Å². The molecule has 0 heterocycles. The van der Waals surface area contributed by atoms with E-state index in [1.807, 2.05) is 0 Å². The molecule has 0 radical (unpaired) electrons. The molecule has 28 heavy (non-hydrogen) atoms. The van der Waals surface area contributed by atoms with Crippen LogP contribution in [0.5, 0.6) is 0 Å². The minimum absolute atomic E-state index is 0.0163. The maximum atomic E-state index is 12.6. The summed E-state index contributed by atoms with van der Waals surface area (Å²) in [5, 5.41) is 0. The summed E-state index contributed by atoms with van der Waals surface area (Å²) in [6.07, 6.45) is -12.5. The summed E-state index contributed by atoms with van der Waals surface area (Å²) in [7, 11) is 1.37. The molecule has 0 amide bonds. The molecule has 0 aliphatic heterocycles. The Morgan fingerprint density at radius 1 is 0.679 bits per heavy atom. The summed E-state index contributed by atoms with van der Waals surface area (Å²) < 4.78 is 129. The van der Waals surface area contributed by atoms with Gasteiger partial charge in [0.05, 0.1) is 13.2 Å². The van der Waals surface area contributed by atoms with Crippen molar-refractivity contribution in [2.75, 3.05) is 33.4 Å². The van der Waals surface area contributed by atoms with Crippen molar-refractivity contribution < 1.29 is 63.0 Å². The quantitative estimate of drug-likeness (QED) is 0.298. The minimum atomic E-state index is -6.10. The van der Waals surface area contributed by atoms with Crippen LogP contribution in [0, 0.1) is 0 Å². The number of hydrogen-bond donors (Lipinski definition) is 0. The Morgan fingerprint density at radius 3 is 1.21 bits per heavy atom. The van der Waals surface area contributed by atoms with E-state index in [9.17, 15) is 53.5 Å². The molecule has 0 spiro atoms. The Morgan fingerprint density at radius 2 is 0.964 bits per heavy atom. The van der Waals surface area contributed by atoms with Gasteiger partial charge in [0.25, 0.3) is 0 Å². The van der Waals surface area contributed by atoms with E-state index in [4.69, 9.17) is 0 Å².